The monoisotopic (exact) mass is 255 g/mol. The van der Waals surface area contributed by atoms with Gasteiger partial charge in [-0.25, -0.2) is 15.0 Å². The fourth-order valence-corrected chi connectivity index (χ4v) is 1.83. The molecule has 2 heterocycles. The lowest BCUT2D eigenvalue weighted by Crippen LogP contribution is -2.05. The van der Waals surface area contributed by atoms with Crippen molar-refractivity contribution in [2.45, 2.75) is 13.5 Å². The van der Waals surface area contributed by atoms with Gasteiger partial charge in [-0.2, -0.15) is 0 Å². The van der Waals surface area contributed by atoms with Crippen LogP contribution < -0.4 is 11.1 Å². The Bertz CT molecular complexity index is 722. The Kier molecular flexibility index (Phi) is 2.75. The second-order valence-corrected chi connectivity index (χ2v) is 4.17. The summed E-state index contributed by atoms with van der Waals surface area (Å²) in [4.78, 5) is 12.5. The minimum atomic E-state index is 0.466. The molecule has 0 amide bonds. The van der Waals surface area contributed by atoms with Crippen LogP contribution in [0, 0.1) is 6.92 Å². The average Bonchev–Trinajstić information content (AvgIpc) is 2.75. The molecule has 0 fully saturated rings. The molecule has 0 aliphatic rings. The van der Waals surface area contributed by atoms with Gasteiger partial charge in [-0.3, -0.25) is 0 Å². The summed E-state index contributed by atoms with van der Waals surface area (Å²) in [5, 5.41) is 3.22. The maximum Gasteiger partial charge on any atom is 0.192 e. The lowest BCUT2D eigenvalue weighted by atomic mass is 10.3. The Morgan fingerprint density at radius 3 is 3.00 bits per heavy atom. The number of nitrogens with one attached hydrogen (secondary N) is 1. The predicted molar refractivity (Wildman–Crippen MR) is 72.5 cm³/mol. The van der Waals surface area contributed by atoms with Crippen molar-refractivity contribution in [2.75, 3.05) is 11.1 Å². The summed E-state index contributed by atoms with van der Waals surface area (Å²) in [7, 11) is 0. The third kappa shape index (κ3) is 2.47. The van der Waals surface area contributed by atoms with Crippen molar-refractivity contribution in [3.05, 3.63) is 42.2 Å². The summed E-state index contributed by atoms with van der Waals surface area (Å²) in [6.07, 6.45) is 1.64. The Hall–Kier alpha value is -2.63. The fraction of sp³-hybridized carbons (Fsp3) is 0.154. The van der Waals surface area contributed by atoms with Crippen molar-refractivity contribution in [1.29, 1.82) is 0 Å². The molecule has 3 rings (SSSR count). The number of oxazole rings is 1. The predicted octanol–water partition coefficient (Wildman–Crippen LogP) is 2.12. The number of nitrogen functional groups attached to an aromatic ring is 1. The zero-order valence-electron chi connectivity index (χ0n) is 10.4. The van der Waals surface area contributed by atoms with Gasteiger partial charge in [0.2, 0.25) is 0 Å². The van der Waals surface area contributed by atoms with Crippen LogP contribution in [0.5, 0.6) is 0 Å². The van der Waals surface area contributed by atoms with Crippen LogP contribution in [-0.4, -0.2) is 15.0 Å². The van der Waals surface area contributed by atoms with Crippen LogP contribution in [0.4, 0.5) is 11.5 Å². The van der Waals surface area contributed by atoms with Crippen LogP contribution in [0.1, 0.15) is 11.7 Å². The van der Waals surface area contributed by atoms with E-state index in [2.05, 4.69) is 20.3 Å². The van der Waals surface area contributed by atoms with E-state index in [0.29, 0.717) is 24.1 Å². The molecule has 0 saturated carbocycles. The van der Waals surface area contributed by atoms with E-state index >= 15 is 0 Å². The van der Waals surface area contributed by atoms with Gasteiger partial charge in [-0.1, -0.05) is 0 Å². The van der Waals surface area contributed by atoms with Crippen molar-refractivity contribution in [3.8, 4) is 0 Å². The average molecular weight is 255 g/mol. The second-order valence-electron chi connectivity index (χ2n) is 4.17. The van der Waals surface area contributed by atoms with Gasteiger partial charge in [-0.05, 0) is 18.2 Å². The Labute approximate surface area is 109 Å². The van der Waals surface area contributed by atoms with Gasteiger partial charge < -0.3 is 15.5 Å². The molecule has 0 spiro atoms. The maximum atomic E-state index is 5.60. The number of hydrogen-bond donors (Lipinski definition) is 2. The summed E-state index contributed by atoms with van der Waals surface area (Å²) in [6, 6.07) is 7.42. The van der Waals surface area contributed by atoms with Crippen LogP contribution in [0.25, 0.3) is 11.1 Å². The van der Waals surface area contributed by atoms with Crippen LogP contribution in [0.2, 0.25) is 0 Å². The van der Waals surface area contributed by atoms with E-state index in [-0.39, 0.29) is 0 Å². The molecule has 19 heavy (non-hydrogen) atoms. The molecule has 6 heteroatoms. The van der Waals surface area contributed by atoms with Crippen molar-refractivity contribution in [3.63, 3.8) is 0 Å². The lowest BCUT2D eigenvalue weighted by molar-refractivity contribution is 0.561. The number of benzene rings is 1. The molecule has 0 bridgehead atoms. The largest absolute Gasteiger partial charge is 0.441 e. The molecule has 2 aromatic heterocycles. The number of aromatic nitrogens is 3. The number of nitrogens with two attached hydrogens (primary N) is 1. The van der Waals surface area contributed by atoms with E-state index < -0.39 is 0 Å². The van der Waals surface area contributed by atoms with Crippen LogP contribution >= 0.6 is 0 Å². The van der Waals surface area contributed by atoms with E-state index in [1.165, 1.54) is 0 Å². The zero-order chi connectivity index (χ0) is 13.2. The van der Waals surface area contributed by atoms with Gasteiger partial charge in [0, 0.05) is 24.9 Å². The molecular weight excluding hydrogens is 242 g/mol. The Balaban J connectivity index is 1.78. The van der Waals surface area contributed by atoms with Crippen molar-refractivity contribution >= 4 is 22.6 Å². The number of anilines is 2. The van der Waals surface area contributed by atoms with Crippen LogP contribution in [0.3, 0.4) is 0 Å². The van der Waals surface area contributed by atoms with Gasteiger partial charge in [0.15, 0.2) is 11.5 Å². The van der Waals surface area contributed by atoms with Crippen molar-refractivity contribution < 1.29 is 4.42 Å². The van der Waals surface area contributed by atoms with Crippen molar-refractivity contribution in [2.24, 2.45) is 0 Å². The molecule has 0 saturated heterocycles. The summed E-state index contributed by atoms with van der Waals surface area (Å²) in [6.45, 7) is 2.33. The third-order valence-electron chi connectivity index (χ3n) is 2.67. The van der Waals surface area contributed by atoms with E-state index in [0.717, 1.165) is 16.8 Å². The van der Waals surface area contributed by atoms with E-state index in [9.17, 15) is 0 Å². The van der Waals surface area contributed by atoms with Crippen molar-refractivity contribution in [1.82, 2.24) is 15.0 Å². The minimum absolute atomic E-state index is 0.466. The summed E-state index contributed by atoms with van der Waals surface area (Å²) < 4.78 is 5.48. The Morgan fingerprint density at radius 2 is 2.16 bits per heavy atom. The first-order valence-corrected chi connectivity index (χ1v) is 5.89. The molecule has 0 unspecified atom stereocenters. The van der Waals surface area contributed by atoms with Gasteiger partial charge in [0.1, 0.15) is 17.2 Å². The molecule has 3 aromatic rings. The molecule has 0 radical (unpaired) electrons. The highest BCUT2D eigenvalue weighted by Crippen LogP contribution is 2.20. The lowest BCUT2D eigenvalue weighted by Gasteiger charge is -2.05. The molecule has 96 valence electrons. The molecule has 0 aliphatic carbocycles. The minimum Gasteiger partial charge on any atom is -0.441 e. The first-order valence-electron chi connectivity index (χ1n) is 5.89. The quantitative estimate of drug-likeness (QED) is 0.745. The molecule has 0 aliphatic heterocycles. The van der Waals surface area contributed by atoms with Gasteiger partial charge >= 0.3 is 0 Å². The summed E-state index contributed by atoms with van der Waals surface area (Å²) >= 11 is 0. The first kappa shape index (κ1) is 11.5. The summed E-state index contributed by atoms with van der Waals surface area (Å²) in [5.41, 5.74) is 8.14. The highest BCUT2D eigenvalue weighted by molar-refractivity contribution is 5.77. The Morgan fingerprint density at radius 1 is 1.26 bits per heavy atom. The molecule has 3 N–H and O–H groups in total. The summed E-state index contributed by atoms with van der Waals surface area (Å²) in [5.74, 6) is 1.77. The maximum absolute atomic E-state index is 5.60. The number of hydrogen-bond acceptors (Lipinski definition) is 6. The van der Waals surface area contributed by atoms with Gasteiger partial charge in [0.25, 0.3) is 0 Å². The fourth-order valence-electron chi connectivity index (χ4n) is 1.83. The van der Waals surface area contributed by atoms with E-state index in [1.807, 2.05) is 25.1 Å². The SMILES string of the molecule is Cc1nc2ccc(NCc3nccc(N)n3)cc2o1. The van der Waals surface area contributed by atoms with Gasteiger partial charge in [0.05, 0.1) is 6.54 Å². The molecule has 0 atom stereocenters. The molecule has 6 nitrogen and oxygen atoms in total. The molecular formula is C13H13N5O. The number of rotatable bonds is 3. The second kappa shape index (κ2) is 4.56. The third-order valence-corrected chi connectivity index (χ3v) is 2.67. The van der Waals surface area contributed by atoms with E-state index in [4.69, 9.17) is 10.2 Å². The smallest absolute Gasteiger partial charge is 0.192 e. The highest BCUT2D eigenvalue weighted by Gasteiger charge is 2.03. The highest BCUT2D eigenvalue weighted by atomic mass is 16.3. The number of aryl methyl sites for hydroxylation is 1. The standard InChI is InChI=1S/C13H13N5O/c1-8-17-10-3-2-9(6-11(10)19-8)16-7-13-15-5-4-12(14)18-13/h2-6,16H,7H2,1H3,(H2,14,15,18). The zero-order valence-corrected chi connectivity index (χ0v) is 10.4. The normalized spacial score (nSPS) is 10.8. The van der Waals surface area contributed by atoms with E-state index in [1.54, 1.807) is 12.3 Å². The van der Waals surface area contributed by atoms with Crippen LogP contribution in [0.15, 0.2) is 34.9 Å². The first-order chi connectivity index (χ1) is 9.20. The molecule has 1 aromatic carbocycles. The number of nitrogens with zero attached hydrogens (tertiary/aromatic N) is 3. The van der Waals surface area contributed by atoms with Crippen LogP contribution in [-0.2, 0) is 6.54 Å². The van der Waals surface area contributed by atoms with Gasteiger partial charge in [-0.15, -0.1) is 0 Å². The topological polar surface area (TPSA) is 89.9 Å². The number of fused-ring (bicyclic) bond motifs is 1.